The van der Waals surface area contributed by atoms with Crippen molar-refractivity contribution in [3.05, 3.63) is 35.4 Å². The highest BCUT2D eigenvalue weighted by Gasteiger charge is 2.27. The Morgan fingerprint density at radius 3 is 2.79 bits per heavy atom. The van der Waals surface area contributed by atoms with Gasteiger partial charge in [0.1, 0.15) is 0 Å². The van der Waals surface area contributed by atoms with E-state index in [2.05, 4.69) is 5.32 Å². The average Bonchev–Trinajstić information content (AvgIpc) is 2.35. The number of hydrogen-bond donors (Lipinski definition) is 3. The molecule has 1 rings (SSSR count). The monoisotopic (exact) mass is 264 g/mol. The Balaban J connectivity index is 2.55. The maximum Gasteiger partial charge on any atom is 0.239 e. The molecule has 0 aliphatic rings. The lowest BCUT2D eigenvalue weighted by molar-refractivity contribution is -0.126. The fraction of sp³-hybridized carbons (Fsp3) is 0.533. The van der Waals surface area contributed by atoms with E-state index >= 15 is 0 Å². The van der Waals surface area contributed by atoms with Crippen molar-refractivity contribution in [2.45, 2.75) is 45.3 Å². The van der Waals surface area contributed by atoms with Crippen LogP contribution in [0.25, 0.3) is 0 Å². The predicted molar refractivity (Wildman–Crippen MR) is 76.6 cm³/mol. The van der Waals surface area contributed by atoms with E-state index in [1.807, 2.05) is 38.1 Å². The number of rotatable bonds is 6. The molecule has 0 spiro atoms. The molecule has 1 amide bonds. The summed E-state index contributed by atoms with van der Waals surface area (Å²) in [6.07, 6.45) is 0.765. The largest absolute Gasteiger partial charge is 0.387 e. The van der Waals surface area contributed by atoms with Gasteiger partial charge in [-0.15, -0.1) is 0 Å². The number of aliphatic hydroxyl groups is 1. The molecule has 0 aliphatic heterocycles. The van der Waals surface area contributed by atoms with E-state index in [9.17, 15) is 9.90 Å². The number of benzene rings is 1. The minimum absolute atomic E-state index is 0.179. The first kappa shape index (κ1) is 15.7. The molecule has 0 aliphatic carbocycles. The van der Waals surface area contributed by atoms with Crippen LogP contribution in [0.4, 0.5) is 0 Å². The third-order valence-corrected chi connectivity index (χ3v) is 3.17. The van der Waals surface area contributed by atoms with Crippen molar-refractivity contribution >= 4 is 5.91 Å². The Morgan fingerprint density at radius 1 is 1.53 bits per heavy atom. The first-order chi connectivity index (χ1) is 8.86. The van der Waals surface area contributed by atoms with Gasteiger partial charge in [-0.1, -0.05) is 43.2 Å². The Bertz CT molecular complexity index is 430. The molecule has 0 fully saturated rings. The van der Waals surface area contributed by atoms with Gasteiger partial charge in [0.2, 0.25) is 5.91 Å². The van der Waals surface area contributed by atoms with Crippen LogP contribution >= 0.6 is 0 Å². The van der Waals surface area contributed by atoms with Crippen LogP contribution in [0.3, 0.4) is 0 Å². The van der Waals surface area contributed by atoms with Gasteiger partial charge < -0.3 is 16.2 Å². The molecule has 1 aromatic rings. The van der Waals surface area contributed by atoms with Gasteiger partial charge in [0.15, 0.2) is 0 Å². The molecule has 106 valence electrons. The van der Waals surface area contributed by atoms with Gasteiger partial charge in [-0.25, -0.2) is 0 Å². The first-order valence-corrected chi connectivity index (χ1v) is 6.68. The van der Waals surface area contributed by atoms with Crippen LogP contribution in [0.5, 0.6) is 0 Å². The van der Waals surface area contributed by atoms with Gasteiger partial charge in [0.25, 0.3) is 0 Å². The minimum Gasteiger partial charge on any atom is -0.387 e. The van der Waals surface area contributed by atoms with Gasteiger partial charge in [0.05, 0.1) is 11.6 Å². The zero-order chi connectivity index (χ0) is 14.5. The normalized spacial score (nSPS) is 15.6. The number of carbonyl (C=O) groups excluding carboxylic acids is 1. The molecule has 0 saturated carbocycles. The Morgan fingerprint density at radius 2 is 2.21 bits per heavy atom. The van der Waals surface area contributed by atoms with Crippen molar-refractivity contribution in [3.8, 4) is 0 Å². The molecule has 0 radical (unpaired) electrons. The van der Waals surface area contributed by atoms with Crippen molar-refractivity contribution < 1.29 is 9.90 Å². The summed E-state index contributed by atoms with van der Waals surface area (Å²) in [6, 6.07) is 7.61. The number of amides is 1. The lowest BCUT2D eigenvalue weighted by atomic mass is 9.96. The molecule has 0 aromatic heterocycles. The second-order valence-electron chi connectivity index (χ2n) is 5.31. The summed E-state index contributed by atoms with van der Waals surface area (Å²) in [5.74, 6) is -0.221. The van der Waals surface area contributed by atoms with Crippen LogP contribution in [0.15, 0.2) is 24.3 Å². The van der Waals surface area contributed by atoms with Gasteiger partial charge >= 0.3 is 0 Å². The van der Waals surface area contributed by atoms with Crippen LogP contribution < -0.4 is 11.1 Å². The Labute approximate surface area is 115 Å². The summed E-state index contributed by atoms with van der Waals surface area (Å²) in [5.41, 5.74) is 6.93. The summed E-state index contributed by atoms with van der Waals surface area (Å²) in [4.78, 5) is 11.9. The topological polar surface area (TPSA) is 75.4 Å². The SMILES string of the molecule is CCCC(C)(N)C(=O)NCC(O)c1cccc(C)c1. The first-order valence-electron chi connectivity index (χ1n) is 6.68. The minimum atomic E-state index is -0.874. The van der Waals surface area contributed by atoms with Crippen LogP contribution in [-0.4, -0.2) is 23.1 Å². The zero-order valence-corrected chi connectivity index (χ0v) is 11.9. The van der Waals surface area contributed by atoms with Crippen molar-refractivity contribution in [3.63, 3.8) is 0 Å². The van der Waals surface area contributed by atoms with Gasteiger partial charge in [-0.3, -0.25) is 4.79 Å². The Hall–Kier alpha value is -1.39. The second-order valence-corrected chi connectivity index (χ2v) is 5.31. The van der Waals surface area contributed by atoms with Crippen LogP contribution in [-0.2, 0) is 4.79 Å². The van der Waals surface area contributed by atoms with Crippen molar-refractivity contribution in [2.24, 2.45) is 5.73 Å². The highest BCUT2D eigenvalue weighted by atomic mass is 16.3. The zero-order valence-electron chi connectivity index (χ0n) is 11.9. The van der Waals surface area contributed by atoms with Crippen molar-refractivity contribution in [1.82, 2.24) is 5.32 Å². The quantitative estimate of drug-likeness (QED) is 0.731. The van der Waals surface area contributed by atoms with E-state index < -0.39 is 11.6 Å². The number of carbonyl (C=O) groups is 1. The predicted octanol–water partition coefficient (Wildman–Crippen LogP) is 1.66. The maximum absolute atomic E-state index is 11.9. The van der Waals surface area contributed by atoms with Gasteiger partial charge in [-0.05, 0) is 25.8 Å². The molecule has 4 N–H and O–H groups in total. The molecular weight excluding hydrogens is 240 g/mol. The van der Waals surface area contributed by atoms with E-state index in [1.54, 1.807) is 6.92 Å². The van der Waals surface area contributed by atoms with Gasteiger partial charge in [0, 0.05) is 6.54 Å². The van der Waals surface area contributed by atoms with E-state index in [-0.39, 0.29) is 12.5 Å². The van der Waals surface area contributed by atoms with E-state index in [0.29, 0.717) is 6.42 Å². The number of aliphatic hydroxyl groups excluding tert-OH is 1. The molecule has 2 unspecified atom stereocenters. The lowest BCUT2D eigenvalue weighted by Gasteiger charge is -2.23. The van der Waals surface area contributed by atoms with Crippen molar-refractivity contribution in [2.75, 3.05) is 6.54 Å². The number of nitrogens with two attached hydrogens (primary N) is 1. The van der Waals surface area contributed by atoms with E-state index in [0.717, 1.165) is 17.5 Å². The smallest absolute Gasteiger partial charge is 0.239 e. The number of aryl methyl sites for hydroxylation is 1. The summed E-state index contributed by atoms with van der Waals surface area (Å²) in [6.45, 7) is 5.84. The third kappa shape index (κ3) is 4.65. The van der Waals surface area contributed by atoms with Crippen molar-refractivity contribution in [1.29, 1.82) is 0 Å². The lowest BCUT2D eigenvalue weighted by Crippen LogP contribution is -2.52. The highest BCUT2D eigenvalue weighted by Crippen LogP contribution is 2.14. The maximum atomic E-state index is 11.9. The molecule has 4 heteroatoms. The summed E-state index contributed by atoms with van der Waals surface area (Å²) >= 11 is 0. The summed E-state index contributed by atoms with van der Waals surface area (Å²) < 4.78 is 0. The molecule has 1 aromatic carbocycles. The molecule has 19 heavy (non-hydrogen) atoms. The Kier molecular flexibility index (Phi) is 5.51. The van der Waals surface area contributed by atoms with Crippen LogP contribution in [0.2, 0.25) is 0 Å². The van der Waals surface area contributed by atoms with Crippen LogP contribution in [0.1, 0.15) is 43.9 Å². The molecule has 0 saturated heterocycles. The number of hydrogen-bond acceptors (Lipinski definition) is 3. The number of nitrogens with one attached hydrogen (secondary N) is 1. The summed E-state index contributed by atoms with van der Waals surface area (Å²) in [5, 5.41) is 12.7. The van der Waals surface area contributed by atoms with E-state index in [1.165, 1.54) is 0 Å². The molecule has 0 bridgehead atoms. The molecule has 2 atom stereocenters. The molecule has 4 nitrogen and oxygen atoms in total. The van der Waals surface area contributed by atoms with Gasteiger partial charge in [-0.2, -0.15) is 0 Å². The molecule has 0 heterocycles. The summed E-state index contributed by atoms with van der Waals surface area (Å²) in [7, 11) is 0. The fourth-order valence-electron chi connectivity index (χ4n) is 2.02. The fourth-order valence-corrected chi connectivity index (χ4v) is 2.02. The van der Waals surface area contributed by atoms with Crippen LogP contribution in [0, 0.1) is 6.92 Å². The highest BCUT2D eigenvalue weighted by molar-refractivity contribution is 5.85. The third-order valence-electron chi connectivity index (χ3n) is 3.17. The second kappa shape index (κ2) is 6.68. The average molecular weight is 264 g/mol. The van der Waals surface area contributed by atoms with E-state index in [4.69, 9.17) is 5.73 Å². The molecular formula is C15H24N2O2. The standard InChI is InChI=1S/C15H24N2O2/c1-4-8-15(3,16)14(19)17-10-13(18)12-7-5-6-11(2)9-12/h5-7,9,13,18H,4,8,10,16H2,1-3H3,(H,17,19).